The molecule has 0 saturated carbocycles. The molecule has 1 saturated heterocycles. The van der Waals surface area contributed by atoms with Crippen molar-refractivity contribution in [3.8, 4) is 0 Å². The van der Waals surface area contributed by atoms with E-state index in [9.17, 15) is 4.79 Å². The molecule has 3 nitrogen and oxygen atoms in total. The molecule has 2 aromatic rings. The zero-order valence-electron chi connectivity index (χ0n) is 14.5. The molecule has 0 spiro atoms. The molecule has 3 heteroatoms. The molecule has 0 bridgehead atoms. The molecule has 1 aliphatic rings. The minimum atomic E-state index is -0.0392. The lowest BCUT2D eigenvalue weighted by atomic mass is 10.0. The van der Waals surface area contributed by atoms with Crippen LogP contribution in [0.5, 0.6) is 0 Å². The summed E-state index contributed by atoms with van der Waals surface area (Å²) < 4.78 is 5.88. The van der Waals surface area contributed by atoms with Crippen LogP contribution in [0.1, 0.15) is 46.5 Å². The van der Waals surface area contributed by atoms with Crippen molar-refractivity contribution in [2.24, 2.45) is 0 Å². The summed E-state index contributed by atoms with van der Waals surface area (Å²) >= 11 is 0. The van der Waals surface area contributed by atoms with E-state index in [4.69, 9.17) is 4.74 Å². The summed E-state index contributed by atoms with van der Waals surface area (Å²) in [6, 6.07) is 16.4. The predicted molar refractivity (Wildman–Crippen MR) is 96.2 cm³/mol. The molecule has 1 heterocycles. The number of rotatable bonds is 4. The van der Waals surface area contributed by atoms with E-state index in [1.165, 1.54) is 11.1 Å². The van der Waals surface area contributed by atoms with E-state index in [0.29, 0.717) is 19.7 Å². The van der Waals surface area contributed by atoms with Gasteiger partial charge in [0.2, 0.25) is 0 Å². The van der Waals surface area contributed by atoms with E-state index in [1.807, 2.05) is 17.0 Å². The Labute approximate surface area is 144 Å². The Morgan fingerprint density at radius 3 is 2.50 bits per heavy atom. The maximum Gasteiger partial charge on any atom is 0.254 e. The average Bonchev–Trinajstić information content (AvgIpc) is 2.63. The third-order valence-electron chi connectivity index (χ3n) is 4.54. The van der Waals surface area contributed by atoms with Gasteiger partial charge in [0.25, 0.3) is 5.91 Å². The number of benzene rings is 2. The van der Waals surface area contributed by atoms with Gasteiger partial charge in [-0.15, -0.1) is 0 Å². The van der Waals surface area contributed by atoms with Crippen LogP contribution in [0.3, 0.4) is 0 Å². The van der Waals surface area contributed by atoms with Crippen molar-refractivity contribution in [1.29, 1.82) is 0 Å². The first-order chi connectivity index (χ1) is 11.7. The van der Waals surface area contributed by atoms with Gasteiger partial charge in [-0.05, 0) is 36.6 Å². The highest BCUT2D eigenvalue weighted by Gasteiger charge is 2.26. The summed E-state index contributed by atoms with van der Waals surface area (Å²) in [4.78, 5) is 14.7. The van der Waals surface area contributed by atoms with Gasteiger partial charge in [-0.2, -0.15) is 0 Å². The summed E-state index contributed by atoms with van der Waals surface area (Å²) in [5, 5.41) is 0. The summed E-state index contributed by atoms with van der Waals surface area (Å²) in [5.41, 5.74) is 4.42. The summed E-state index contributed by atoms with van der Waals surface area (Å²) in [6.45, 7) is 6.08. The monoisotopic (exact) mass is 323 g/mol. The van der Waals surface area contributed by atoms with Crippen molar-refractivity contribution in [2.75, 3.05) is 19.7 Å². The Balaban J connectivity index is 1.69. The maximum atomic E-state index is 12.8. The van der Waals surface area contributed by atoms with Crippen molar-refractivity contribution in [3.05, 3.63) is 70.8 Å². The highest BCUT2D eigenvalue weighted by atomic mass is 16.5. The van der Waals surface area contributed by atoms with Gasteiger partial charge in [0, 0.05) is 12.1 Å². The smallest absolute Gasteiger partial charge is 0.254 e. The van der Waals surface area contributed by atoms with Gasteiger partial charge in [0.05, 0.1) is 13.2 Å². The standard InChI is InChI=1S/C21H25NO2/c1-3-4-17-7-11-19(12-8-17)21(23)22-13-14-24-20(15-22)18-9-5-16(2)6-10-18/h5-12,20H,3-4,13-15H2,1-2H3. The van der Waals surface area contributed by atoms with Crippen LogP contribution >= 0.6 is 0 Å². The Morgan fingerprint density at radius 2 is 1.83 bits per heavy atom. The minimum absolute atomic E-state index is 0.0392. The van der Waals surface area contributed by atoms with Crippen molar-refractivity contribution in [2.45, 2.75) is 32.8 Å². The Hall–Kier alpha value is -2.13. The maximum absolute atomic E-state index is 12.8. The number of carbonyl (C=O) groups excluding carboxylic acids is 1. The van der Waals surface area contributed by atoms with E-state index >= 15 is 0 Å². The summed E-state index contributed by atoms with van der Waals surface area (Å²) in [5.74, 6) is 0.0958. The predicted octanol–water partition coefficient (Wildman–Crippen LogP) is 4.16. The lowest BCUT2D eigenvalue weighted by Gasteiger charge is -2.33. The molecule has 0 aliphatic carbocycles. The number of nitrogens with zero attached hydrogens (tertiary/aromatic N) is 1. The Bertz CT molecular complexity index is 676. The summed E-state index contributed by atoms with van der Waals surface area (Å²) in [7, 11) is 0. The molecular formula is C21H25NO2. The van der Waals surface area contributed by atoms with Crippen LogP contribution in [0, 0.1) is 6.92 Å². The average molecular weight is 323 g/mol. The van der Waals surface area contributed by atoms with Gasteiger partial charge in [-0.1, -0.05) is 55.3 Å². The van der Waals surface area contributed by atoms with Gasteiger partial charge >= 0.3 is 0 Å². The van der Waals surface area contributed by atoms with Crippen molar-refractivity contribution < 1.29 is 9.53 Å². The van der Waals surface area contributed by atoms with E-state index in [-0.39, 0.29) is 12.0 Å². The van der Waals surface area contributed by atoms with Crippen molar-refractivity contribution >= 4 is 5.91 Å². The zero-order chi connectivity index (χ0) is 16.9. The normalized spacial score (nSPS) is 17.8. The van der Waals surface area contributed by atoms with Gasteiger partial charge < -0.3 is 9.64 Å². The zero-order valence-corrected chi connectivity index (χ0v) is 14.5. The lowest BCUT2D eigenvalue weighted by Crippen LogP contribution is -2.42. The fourth-order valence-electron chi connectivity index (χ4n) is 3.10. The number of aryl methyl sites for hydroxylation is 2. The fourth-order valence-corrected chi connectivity index (χ4v) is 3.10. The fraction of sp³-hybridized carbons (Fsp3) is 0.381. The second-order valence-corrected chi connectivity index (χ2v) is 6.47. The molecular weight excluding hydrogens is 298 g/mol. The number of amides is 1. The van der Waals surface area contributed by atoms with Crippen molar-refractivity contribution in [3.63, 3.8) is 0 Å². The van der Waals surface area contributed by atoms with Crippen LogP contribution in [0.2, 0.25) is 0 Å². The first kappa shape index (κ1) is 16.7. The van der Waals surface area contributed by atoms with Crippen LogP contribution < -0.4 is 0 Å². The number of morpholine rings is 1. The summed E-state index contributed by atoms with van der Waals surface area (Å²) in [6.07, 6.45) is 2.14. The number of hydrogen-bond acceptors (Lipinski definition) is 2. The van der Waals surface area contributed by atoms with Crippen LogP contribution in [0.25, 0.3) is 0 Å². The molecule has 1 amide bonds. The first-order valence-electron chi connectivity index (χ1n) is 8.73. The van der Waals surface area contributed by atoms with Crippen LogP contribution in [0.15, 0.2) is 48.5 Å². The van der Waals surface area contributed by atoms with Crippen LogP contribution in [-0.2, 0) is 11.2 Å². The van der Waals surface area contributed by atoms with Crippen LogP contribution in [-0.4, -0.2) is 30.5 Å². The third-order valence-corrected chi connectivity index (χ3v) is 4.54. The Morgan fingerprint density at radius 1 is 1.12 bits per heavy atom. The second-order valence-electron chi connectivity index (χ2n) is 6.47. The van der Waals surface area contributed by atoms with Crippen molar-refractivity contribution in [1.82, 2.24) is 4.90 Å². The third kappa shape index (κ3) is 3.85. The van der Waals surface area contributed by atoms with E-state index in [0.717, 1.165) is 24.0 Å². The molecule has 1 atom stereocenters. The SMILES string of the molecule is CCCc1ccc(C(=O)N2CCOC(c3ccc(C)cc3)C2)cc1. The molecule has 126 valence electrons. The molecule has 2 aromatic carbocycles. The molecule has 24 heavy (non-hydrogen) atoms. The van der Waals surface area contributed by atoms with Gasteiger partial charge in [0.1, 0.15) is 6.10 Å². The van der Waals surface area contributed by atoms with Gasteiger partial charge in [0.15, 0.2) is 0 Å². The molecule has 1 fully saturated rings. The highest BCUT2D eigenvalue weighted by molar-refractivity contribution is 5.94. The molecule has 1 aliphatic heterocycles. The van der Waals surface area contributed by atoms with Gasteiger partial charge in [-0.3, -0.25) is 4.79 Å². The molecule has 0 radical (unpaired) electrons. The molecule has 0 N–H and O–H groups in total. The molecule has 3 rings (SSSR count). The molecule has 0 aromatic heterocycles. The second kappa shape index (κ2) is 7.63. The number of ether oxygens (including phenoxy) is 1. The number of hydrogen-bond donors (Lipinski definition) is 0. The lowest BCUT2D eigenvalue weighted by molar-refractivity contribution is -0.0228. The van der Waals surface area contributed by atoms with E-state index in [1.54, 1.807) is 0 Å². The number of carbonyl (C=O) groups is 1. The molecule has 1 unspecified atom stereocenters. The minimum Gasteiger partial charge on any atom is -0.370 e. The van der Waals surface area contributed by atoms with Gasteiger partial charge in [-0.25, -0.2) is 0 Å². The van der Waals surface area contributed by atoms with Crippen LogP contribution in [0.4, 0.5) is 0 Å². The largest absolute Gasteiger partial charge is 0.370 e. The topological polar surface area (TPSA) is 29.5 Å². The first-order valence-corrected chi connectivity index (χ1v) is 8.73. The highest BCUT2D eigenvalue weighted by Crippen LogP contribution is 2.23. The Kier molecular flexibility index (Phi) is 5.31. The quantitative estimate of drug-likeness (QED) is 0.845. The van der Waals surface area contributed by atoms with E-state index < -0.39 is 0 Å². The van der Waals surface area contributed by atoms with E-state index in [2.05, 4.69) is 50.2 Å².